The van der Waals surface area contributed by atoms with Gasteiger partial charge in [0.1, 0.15) is 12.6 Å². The normalized spacial score (nSPS) is 22.8. The van der Waals surface area contributed by atoms with Gasteiger partial charge >= 0.3 is 6.09 Å². The van der Waals surface area contributed by atoms with Crippen LogP contribution >= 0.6 is 11.6 Å². The van der Waals surface area contributed by atoms with E-state index >= 15 is 0 Å². The maximum Gasteiger partial charge on any atom is 0.408 e. The Bertz CT molecular complexity index is 1190. The summed E-state index contributed by atoms with van der Waals surface area (Å²) in [7, 11) is 0. The first-order chi connectivity index (χ1) is 20.2. The number of carbonyl (C=O) groups excluding carboxylic acids is 5. The van der Waals surface area contributed by atoms with E-state index in [0.29, 0.717) is 23.4 Å². The maximum atomic E-state index is 13.7. The van der Waals surface area contributed by atoms with Crippen molar-refractivity contribution in [2.75, 3.05) is 0 Å². The molecule has 1 aromatic rings. The third-order valence-corrected chi connectivity index (χ3v) is 9.39. The molecular formula is C31H41ClN4O6. The van der Waals surface area contributed by atoms with E-state index in [9.17, 15) is 24.0 Å². The molecule has 0 radical (unpaired) electrons. The summed E-state index contributed by atoms with van der Waals surface area (Å²) in [5, 5.41) is 11.8. The van der Waals surface area contributed by atoms with Crippen LogP contribution in [0.3, 0.4) is 0 Å². The summed E-state index contributed by atoms with van der Waals surface area (Å²) in [6.45, 7) is -0.0227. The molecule has 1 aromatic carbocycles. The van der Waals surface area contributed by atoms with Crippen LogP contribution in [-0.4, -0.2) is 53.3 Å². The van der Waals surface area contributed by atoms with E-state index < -0.39 is 41.7 Å². The highest BCUT2D eigenvalue weighted by Gasteiger charge is 2.49. The minimum Gasteiger partial charge on any atom is -0.445 e. The zero-order valence-electron chi connectivity index (χ0n) is 23.9. The van der Waals surface area contributed by atoms with Crippen molar-refractivity contribution in [2.45, 2.75) is 114 Å². The first kappa shape index (κ1) is 30.3. The Morgan fingerprint density at radius 3 is 2.38 bits per heavy atom. The predicted octanol–water partition coefficient (Wildman–Crippen LogP) is 3.69. The van der Waals surface area contributed by atoms with Crippen molar-refractivity contribution in [1.82, 2.24) is 21.3 Å². The highest BCUT2D eigenvalue weighted by Crippen LogP contribution is 2.42. The fourth-order valence-electron chi connectivity index (χ4n) is 6.48. The molecule has 3 saturated carbocycles. The molecule has 4 aliphatic rings. The van der Waals surface area contributed by atoms with Gasteiger partial charge in [0.15, 0.2) is 0 Å². The van der Waals surface area contributed by atoms with Gasteiger partial charge in [-0.25, -0.2) is 4.79 Å². The summed E-state index contributed by atoms with van der Waals surface area (Å²) >= 11 is 6.03. The lowest BCUT2D eigenvalue weighted by Crippen LogP contribution is -2.55. The van der Waals surface area contributed by atoms with Crippen LogP contribution in [0.4, 0.5) is 4.79 Å². The zero-order valence-corrected chi connectivity index (χ0v) is 24.7. The Labute approximate surface area is 251 Å². The van der Waals surface area contributed by atoms with Gasteiger partial charge in [-0.05, 0) is 75.0 Å². The Hall–Kier alpha value is -3.14. The third-order valence-electron chi connectivity index (χ3n) is 9.16. The number of rotatable bonds is 12. The van der Waals surface area contributed by atoms with Crippen molar-refractivity contribution in [3.63, 3.8) is 0 Å². The molecule has 3 aliphatic carbocycles. The number of benzene rings is 1. The Kier molecular flexibility index (Phi) is 9.70. The van der Waals surface area contributed by atoms with Crippen LogP contribution < -0.4 is 21.3 Å². The Morgan fingerprint density at radius 1 is 0.976 bits per heavy atom. The number of Topliss-reactive ketones (excluding diaryl/α,β-unsaturated/α-hetero) is 1. The number of hydrogen-bond acceptors (Lipinski definition) is 6. The number of halogens is 1. The first-order valence-corrected chi connectivity index (χ1v) is 15.7. The molecule has 228 valence electrons. The lowest BCUT2D eigenvalue weighted by Gasteiger charge is -2.38. The molecule has 1 aliphatic heterocycles. The van der Waals surface area contributed by atoms with Gasteiger partial charge in [0.05, 0.1) is 6.04 Å². The van der Waals surface area contributed by atoms with E-state index in [2.05, 4.69) is 21.3 Å². The SMILES string of the molecule is O=C(N[C@@H](CC1CCCCC1)C(=O)NC(CC1CC2(CCC2)NC1=O)C(=O)C(=O)NC1CC1)OCc1cccc(Cl)c1. The van der Waals surface area contributed by atoms with Crippen LogP contribution in [0.15, 0.2) is 24.3 Å². The second-order valence-electron chi connectivity index (χ2n) is 12.6. The zero-order chi connectivity index (χ0) is 29.7. The van der Waals surface area contributed by atoms with Crippen molar-refractivity contribution in [2.24, 2.45) is 11.8 Å². The second kappa shape index (κ2) is 13.4. The molecule has 1 heterocycles. The van der Waals surface area contributed by atoms with Crippen LogP contribution in [0.1, 0.15) is 89.0 Å². The van der Waals surface area contributed by atoms with Crippen LogP contribution in [0.25, 0.3) is 0 Å². The molecule has 42 heavy (non-hydrogen) atoms. The van der Waals surface area contributed by atoms with Crippen molar-refractivity contribution in [1.29, 1.82) is 0 Å². The van der Waals surface area contributed by atoms with Gasteiger partial charge in [-0.1, -0.05) is 55.8 Å². The van der Waals surface area contributed by atoms with E-state index in [-0.39, 0.29) is 36.4 Å². The summed E-state index contributed by atoms with van der Waals surface area (Å²) < 4.78 is 5.38. The van der Waals surface area contributed by atoms with Gasteiger partial charge < -0.3 is 26.0 Å². The van der Waals surface area contributed by atoms with E-state index in [1.807, 2.05) is 0 Å². The standard InChI is InChI=1S/C31H41ClN4O6/c32-22-9-4-8-20(14-22)18-42-30(41)35-25(15-19-6-2-1-3-7-19)28(39)34-24(26(37)29(40)33-23-10-11-23)16-21-17-31(12-5-13-31)36-27(21)38/h4,8-9,14,19,21,23-25H,1-3,5-7,10-13,15-18H2,(H,33,40)(H,34,39)(H,35,41)(H,36,38)/t21?,24?,25-/m0/s1. The molecule has 4 amide bonds. The summed E-state index contributed by atoms with van der Waals surface area (Å²) in [6.07, 6.45) is 9.83. The Balaban J connectivity index is 1.27. The minimum atomic E-state index is -1.18. The minimum absolute atomic E-state index is 0.0227. The lowest BCUT2D eigenvalue weighted by atomic mass is 9.73. The number of alkyl carbamates (subject to hydrolysis) is 1. The van der Waals surface area contributed by atoms with Crippen molar-refractivity contribution >= 4 is 41.2 Å². The van der Waals surface area contributed by atoms with Gasteiger partial charge in [-0.15, -0.1) is 0 Å². The van der Waals surface area contributed by atoms with E-state index in [1.54, 1.807) is 24.3 Å². The topological polar surface area (TPSA) is 143 Å². The predicted molar refractivity (Wildman–Crippen MR) is 155 cm³/mol. The number of amides is 4. The number of ketones is 1. The average molecular weight is 601 g/mol. The molecule has 2 unspecified atom stereocenters. The molecule has 0 aromatic heterocycles. The monoisotopic (exact) mass is 600 g/mol. The van der Waals surface area contributed by atoms with E-state index in [1.165, 1.54) is 0 Å². The molecule has 5 rings (SSSR count). The molecule has 1 spiro atoms. The number of nitrogens with one attached hydrogen (secondary N) is 4. The summed E-state index contributed by atoms with van der Waals surface area (Å²) in [6, 6.07) is 4.78. The van der Waals surface area contributed by atoms with Crippen molar-refractivity contribution in [3.05, 3.63) is 34.9 Å². The summed E-state index contributed by atoms with van der Waals surface area (Å²) in [5.41, 5.74) is 0.477. The number of ether oxygens (including phenoxy) is 1. The average Bonchev–Trinajstić information content (AvgIpc) is 3.70. The molecule has 3 atom stereocenters. The molecule has 11 heteroatoms. The van der Waals surface area contributed by atoms with Crippen LogP contribution in [-0.2, 0) is 30.5 Å². The quantitative estimate of drug-likeness (QED) is 0.270. The fourth-order valence-corrected chi connectivity index (χ4v) is 6.69. The van der Waals surface area contributed by atoms with E-state index in [4.69, 9.17) is 16.3 Å². The largest absolute Gasteiger partial charge is 0.445 e. The van der Waals surface area contributed by atoms with Crippen LogP contribution in [0.5, 0.6) is 0 Å². The summed E-state index contributed by atoms with van der Waals surface area (Å²) in [5.74, 6) is -2.48. The third kappa shape index (κ3) is 8.02. The Morgan fingerprint density at radius 2 is 1.74 bits per heavy atom. The number of carbonyl (C=O) groups is 5. The second-order valence-corrected chi connectivity index (χ2v) is 13.0. The molecule has 1 saturated heterocycles. The molecule has 0 bridgehead atoms. The van der Waals surface area contributed by atoms with Gasteiger partial charge in [0.25, 0.3) is 5.91 Å². The molecule has 4 N–H and O–H groups in total. The molecular weight excluding hydrogens is 560 g/mol. The van der Waals surface area contributed by atoms with Crippen molar-refractivity contribution in [3.8, 4) is 0 Å². The van der Waals surface area contributed by atoms with Gasteiger partial charge in [-0.2, -0.15) is 0 Å². The van der Waals surface area contributed by atoms with Gasteiger partial charge in [0, 0.05) is 22.5 Å². The maximum absolute atomic E-state index is 13.7. The van der Waals surface area contributed by atoms with Crippen LogP contribution in [0.2, 0.25) is 5.02 Å². The lowest BCUT2D eigenvalue weighted by molar-refractivity contribution is -0.141. The van der Waals surface area contributed by atoms with Gasteiger partial charge in [-0.3, -0.25) is 19.2 Å². The molecule has 10 nitrogen and oxygen atoms in total. The van der Waals surface area contributed by atoms with Gasteiger partial charge in [0.2, 0.25) is 17.6 Å². The summed E-state index contributed by atoms with van der Waals surface area (Å²) in [4.78, 5) is 65.4. The van der Waals surface area contributed by atoms with Crippen molar-refractivity contribution < 1.29 is 28.7 Å². The highest BCUT2D eigenvalue weighted by atomic mass is 35.5. The van der Waals surface area contributed by atoms with E-state index in [0.717, 1.165) is 64.2 Å². The number of hydrogen-bond donors (Lipinski definition) is 4. The first-order valence-electron chi connectivity index (χ1n) is 15.3. The highest BCUT2D eigenvalue weighted by molar-refractivity contribution is 6.38. The fraction of sp³-hybridized carbons (Fsp3) is 0.645. The van der Waals surface area contributed by atoms with Crippen LogP contribution in [0, 0.1) is 11.8 Å². The molecule has 4 fully saturated rings. The smallest absolute Gasteiger partial charge is 0.408 e.